The van der Waals surface area contributed by atoms with E-state index in [1.807, 2.05) is 12.1 Å². The van der Waals surface area contributed by atoms with Gasteiger partial charge in [0.25, 0.3) is 0 Å². The lowest BCUT2D eigenvalue weighted by atomic mass is 10.1. The number of benzene rings is 1. The van der Waals surface area contributed by atoms with Gasteiger partial charge in [-0.05, 0) is 24.1 Å². The molecule has 0 atom stereocenters. The second kappa shape index (κ2) is 4.63. The molecule has 0 bridgehead atoms. The van der Waals surface area contributed by atoms with Crippen LogP contribution < -0.4 is 0 Å². The van der Waals surface area contributed by atoms with Crippen LogP contribution in [0.25, 0.3) is 21.6 Å². The van der Waals surface area contributed by atoms with Crippen LogP contribution in [0.4, 0.5) is 0 Å². The number of thiazole rings is 1. The topological polar surface area (TPSA) is 38.7 Å². The van der Waals surface area contributed by atoms with Crippen LogP contribution in [0, 0.1) is 0 Å². The highest BCUT2D eigenvalue weighted by Crippen LogP contribution is 2.27. The van der Waals surface area contributed by atoms with Gasteiger partial charge in [0.2, 0.25) is 0 Å². The maximum absolute atomic E-state index is 6.24. The van der Waals surface area contributed by atoms with E-state index in [1.54, 1.807) is 11.7 Å². The first-order valence-electron chi connectivity index (χ1n) is 5.63. The van der Waals surface area contributed by atoms with E-state index in [1.165, 1.54) is 16.9 Å². The first-order valence-corrected chi connectivity index (χ1v) is 6.88. The van der Waals surface area contributed by atoms with Gasteiger partial charge >= 0.3 is 0 Å². The molecule has 0 aliphatic heterocycles. The highest BCUT2D eigenvalue weighted by Gasteiger charge is 2.09. The highest BCUT2D eigenvalue weighted by molar-refractivity contribution is 7.13. The van der Waals surface area contributed by atoms with Gasteiger partial charge in [0.1, 0.15) is 5.15 Å². The Morgan fingerprint density at radius 1 is 1.28 bits per heavy atom. The zero-order valence-electron chi connectivity index (χ0n) is 9.72. The monoisotopic (exact) mass is 275 g/mol. The van der Waals surface area contributed by atoms with E-state index in [-0.39, 0.29) is 0 Å². The van der Waals surface area contributed by atoms with Crippen LogP contribution in [-0.2, 0) is 6.42 Å². The molecule has 90 valence electrons. The van der Waals surface area contributed by atoms with E-state index in [9.17, 15) is 0 Å². The van der Waals surface area contributed by atoms with Gasteiger partial charge in [0.05, 0.1) is 15.9 Å². The third kappa shape index (κ3) is 1.98. The molecule has 0 spiro atoms. The predicted octanol–water partition coefficient (Wildman–Crippen LogP) is 3.97. The molecule has 0 unspecified atom stereocenters. The number of aromatic nitrogens is 3. The summed E-state index contributed by atoms with van der Waals surface area (Å²) in [6, 6.07) is 6.11. The Morgan fingerprint density at radius 2 is 2.17 bits per heavy atom. The lowest BCUT2D eigenvalue weighted by Crippen LogP contribution is -1.91. The van der Waals surface area contributed by atoms with Crippen molar-refractivity contribution in [2.24, 2.45) is 0 Å². The van der Waals surface area contributed by atoms with Gasteiger partial charge in [-0.3, -0.25) is 4.98 Å². The number of nitrogens with zero attached hydrogens (tertiary/aromatic N) is 3. The molecular formula is C13H10ClN3S. The van der Waals surface area contributed by atoms with Crippen LogP contribution in [0.15, 0.2) is 29.9 Å². The lowest BCUT2D eigenvalue weighted by Gasteiger charge is -2.04. The zero-order valence-corrected chi connectivity index (χ0v) is 11.3. The largest absolute Gasteiger partial charge is 0.252 e. The Hall–Kier alpha value is -1.52. The minimum atomic E-state index is 0.499. The van der Waals surface area contributed by atoms with Crippen molar-refractivity contribution in [3.63, 3.8) is 0 Å². The summed E-state index contributed by atoms with van der Waals surface area (Å²) in [5.74, 6) is 0.638. The van der Waals surface area contributed by atoms with Crippen molar-refractivity contribution in [1.29, 1.82) is 0 Å². The normalized spacial score (nSPS) is 11.0. The van der Waals surface area contributed by atoms with Gasteiger partial charge in [-0.15, -0.1) is 11.3 Å². The Bertz CT molecular complexity index is 695. The van der Waals surface area contributed by atoms with Gasteiger partial charge in [-0.25, -0.2) is 9.97 Å². The van der Waals surface area contributed by atoms with E-state index in [4.69, 9.17) is 11.6 Å². The van der Waals surface area contributed by atoms with E-state index < -0.39 is 0 Å². The molecule has 0 aliphatic rings. The van der Waals surface area contributed by atoms with E-state index in [0.717, 1.165) is 22.2 Å². The minimum absolute atomic E-state index is 0.499. The summed E-state index contributed by atoms with van der Waals surface area (Å²) in [5, 5.41) is 1.41. The van der Waals surface area contributed by atoms with Gasteiger partial charge in [0.15, 0.2) is 5.82 Å². The number of hydrogen-bond donors (Lipinski definition) is 0. The second-order valence-corrected chi connectivity index (χ2v) is 5.15. The average molecular weight is 276 g/mol. The Morgan fingerprint density at radius 3 is 2.89 bits per heavy atom. The summed E-state index contributed by atoms with van der Waals surface area (Å²) < 4.78 is 0. The quantitative estimate of drug-likeness (QED) is 0.664. The molecule has 18 heavy (non-hydrogen) atoms. The molecule has 0 saturated heterocycles. The number of halogens is 1. The van der Waals surface area contributed by atoms with Crippen LogP contribution in [0.5, 0.6) is 0 Å². The summed E-state index contributed by atoms with van der Waals surface area (Å²) in [4.78, 5) is 13.8. The second-order valence-electron chi connectivity index (χ2n) is 3.91. The summed E-state index contributed by atoms with van der Waals surface area (Å²) >= 11 is 7.75. The summed E-state index contributed by atoms with van der Waals surface area (Å²) in [5.41, 5.74) is 3.87. The van der Waals surface area contributed by atoms with E-state index >= 15 is 0 Å². The van der Waals surface area contributed by atoms with Crippen molar-refractivity contribution in [2.75, 3.05) is 0 Å². The number of hydrogen-bond acceptors (Lipinski definition) is 4. The Labute approximate surface area is 114 Å². The third-order valence-electron chi connectivity index (χ3n) is 2.77. The first-order chi connectivity index (χ1) is 8.78. The fourth-order valence-electron chi connectivity index (χ4n) is 1.79. The molecule has 0 amide bonds. The molecular weight excluding hydrogens is 266 g/mol. The van der Waals surface area contributed by atoms with Crippen molar-refractivity contribution in [2.45, 2.75) is 13.3 Å². The van der Waals surface area contributed by atoms with Crippen LogP contribution in [0.3, 0.4) is 0 Å². The summed E-state index contributed by atoms with van der Waals surface area (Å²) in [6.45, 7) is 2.11. The summed E-state index contributed by atoms with van der Waals surface area (Å²) in [6.07, 6.45) is 2.73. The fourth-order valence-corrected chi connectivity index (χ4v) is 2.58. The molecule has 2 heterocycles. The molecule has 0 saturated carbocycles. The molecule has 0 fully saturated rings. The summed E-state index contributed by atoms with van der Waals surface area (Å²) in [7, 11) is 0. The molecule has 3 nitrogen and oxygen atoms in total. The fraction of sp³-hybridized carbons (Fsp3) is 0.154. The van der Waals surface area contributed by atoms with Crippen molar-refractivity contribution in [1.82, 2.24) is 15.0 Å². The van der Waals surface area contributed by atoms with Crippen molar-refractivity contribution >= 4 is 33.8 Å². The maximum Gasteiger partial charge on any atom is 0.173 e. The minimum Gasteiger partial charge on any atom is -0.252 e. The van der Waals surface area contributed by atoms with Crippen molar-refractivity contribution < 1.29 is 0 Å². The molecule has 5 heteroatoms. The van der Waals surface area contributed by atoms with Crippen LogP contribution >= 0.6 is 22.9 Å². The maximum atomic E-state index is 6.24. The smallest absolute Gasteiger partial charge is 0.173 e. The molecule has 0 radical (unpaired) electrons. The number of fused-ring (bicyclic) bond motifs is 1. The average Bonchev–Trinajstić information content (AvgIpc) is 2.92. The van der Waals surface area contributed by atoms with Crippen molar-refractivity contribution in [3.8, 4) is 10.7 Å². The van der Waals surface area contributed by atoms with Gasteiger partial charge in [-0.1, -0.05) is 24.6 Å². The predicted molar refractivity (Wildman–Crippen MR) is 75.0 cm³/mol. The molecule has 0 N–H and O–H groups in total. The molecule has 3 aromatic rings. The molecule has 0 aliphatic carbocycles. The number of aryl methyl sites for hydroxylation is 1. The van der Waals surface area contributed by atoms with Gasteiger partial charge in [0, 0.05) is 11.6 Å². The highest BCUT2D eigenvalue weighted by atomic mass is 35.5. The van der Waals surface area contributed by atoms with Crippen molar-refractivity contribution in [3.05, 3.63) is 40.6 Å². The van der Waals surface area contributed by atoms with Gasteiger partial charge < -0.3 is 0 Å². The first kappa shape index (κ1) is 11.6. The number of rotatable bonds is 2. The SMILES string of the molecule is CCc1ccc2nc(-c3cncs3)nc(Cl)c2c1. The van der Waals surface area contributed by atoms with E-state index in [0.29, 0.717) is 11.0 Å². The van der Waals surface area contributed by atoms with Crippen LogP contribution in [0.1, 0.15) is 12.5 Å². The van der Waals surface area contributed by atoms with Gasteiger partial charge in [-0.2, -0.15) is 0 Å². The molecule has 1 aromatic carbocycles. The standard InChI is InChI=1S/C13H10ClN3S/c1-2-8-3-4-10-9(5-8)12(14)17-13(16-10)11-6-15-7-18-11/h3-7H,2H2,1H3. The lowest BCUT2D eigenvalue weighted by molar-refractivity contribution is 1.14. The molecule has 3 rings (SSSR count). The molecule has 2 aromatic heterocycles. The van der Waals surface area contributed by atoms with E-state index in [2.05, 4.69) is 27.9 Å². The van der Waals surface area contributed by atoms with Crippen LogP contribution in [0.2, 0.25) is 5.15 Å². The third-order valence-corrected chi connectivity index (χ3v) is 3.83. The Kier molecular flexibility index (Phi) is 2.97. The van der Waals surface area contributed by atoms with Crippen LogP contribution in [-0.4, -0.2) is 15.0 Å². The Balaban J connectivity index is 2.22. The zero-order chi connectivity index (χ0) is 12.5.